The van der Waals surface area contributed by atoms with Gasteiger partial charge in [-0.1, -0.05) is 11.6 Å². The van der Waals surface area contributed by atoms with Gasteiger partial charge >= 0.3 is 0 Å². The molecule has 0 bridgehead atoms. The Bertz CT molecular complexity index is 549. The van der Waals surface area contributed by atoms with E-state index in [2.05, 4.69) is 15.3 Å². The summed E-state index contributed by atoms with van der Waals surface area (Å²) >= 11 is 5.77. The summed E-state index contributed by atoms with van der Waals surface area (Å²) in [5.74, 6) is 1.91. The fraction of sp³-hybridized carbons (Fsp3) is 0.167. The van der Waals surface area contributed by atoms with E-state index in [0.717, 1.165) is 11.4 Å². The molecule has 0 fully saturated rings. The minimum Gasteiger partial charge on any atom is -0.497 e. The van der Waals surface area contributed by atoms with Crippen LogP contribution in [-0.2, 0) is 0 Å². The number of methoxy groups -OCH3 is 2. The van der Waals surface area contributed by atoms with Crippen molar-refractivity contribution in [2.45, 2.75) is 0 Å². The van der Waals surface area contributed by atoms with Gasteiger partial charge in [0.1, 0.15) is 16.7 Å². The second-order valence-electron chi connectivity index (χ2n) is 3.42. The lowest BCUT2D eigenvalue weighted by molar-refractivity contribution is 0.395. The summed E-state index contributed by atoms with van der Waals surface area (Å²) in [6.07, 6.45) is 3.05. The molecule has 1 N–H and O–H groups in total. The molecular weight excluding hydrogens is 254 g/mol. The highest BCUT2D eigenvalue weighted by molar-refractivity contribution is 6.29. The zero-order chi connectivity index (χ0) is 13.0. The largest absolute Gasteiger partial charge is 0.497 e. The van der Waals surface area contributed by atoms with Crippen LogP contribution >= 0.6 is 11.6 Å². The van der Waals surface area contributed by atoms with E-state index >= 15 is 0 Å². The topological polar surface area (TPSA) is 56.3 Å². The molecule has 0 aliphatic heterocycles. The first kappa shape index (κ1) is 12.4. The van der Waals surface area contributed by atoms with Gasteiger partial charge in [-0.25, -0.2) is 4.98 Å². The van der Waals surface area contributed by atoms with E-state index in [4.69, 9.17) is 21.1 Å². The molecule has 2 aromatic rings. The Kier molecular flexibility index (Phi) is 3.84. The molecule has 18 heavy (non-hydrogen) atoms. The van der Waals surface area contributed by atoms with E-state index in [1.165, 1.54) is 6.20 Å². The number of halogens is 1. The Morgan fingerprint density at radius 2 is 2.00 bits per heavy atom. The van der Waals surface area contributed by atoms with Crippen molar-refractivity contribution in [1.29, 1.82) is 0 Å². The average molecular weight is 266 g/mol. The van der Waals surface area contributed by atoms with Crippen LogP contribution in [0.3, 0.4) is 0 Å². The fourth-order valence-electron chi connectivity index (χ4n) is 1.44. The van der Waals surface area contributed by atoms with Crippen LogP contribution in [0.4, 0.5) is 11.5 Å². The standard InChI is InChI=1S/C12H12ClN3O2/c1-17-8-3-4-9(10(5-8)18-2)15-12-7-14-6-11(13)16-12/h3-7H,1-2H3,(H,15,16). The van der Waals surface area contributed by atoms with Crippen LogP contribution in [0.25, 0.3) is 0 Å². The summed E-state index contributed by atoms with van der Waals surface area (Å²) < 4.78 is 10.4. The Morgan fingerprint density at radius 1 is 1.17 bits per heavy atom. The Balaban J connectivity index is 2.28. The first-order valence-corrected chi connectivity index (χ1v) is 5.57. The van der Waals surface area contributed by atoms with Gasteiger partial charge in [-0.05, 0) is 12.1 Å². The highest BCUT2D eigenvalue weighted by Gasteiger charge is 2.06. The lowest BCUT2D eigenvalue weighted by Crippen LogP contribution is -1.98. The monoisotopic (exact) mass is 265 g/mol. The van der Waals surface area contributed by atoms with E-state index in [1.807, 2.05) is 12.1 Å². The van der Waals surface area contributed by atoms with Crippen molar-refractivity contribution in [2.24, 2.45) is 0 Å². The molecule has 1 aromatic heterocycles. The van der Waals surface area contributed by atoms with Crippen molar-refractivity contribution in [3.63, 3.8) is 0 Å². The third-order valence-electron chi connectivity index (χ3n) is 2.28. The number of ether oxygens (including phenoxy) is 2. The number of rotatable bonds is 4. The smallest absolute Gasteiger partial charge is 0.150 e. The average Bonchev–Trinajstić information content (AvgIpc) is 2.39. The SMILES string of the molecule is COc1ccc(Nc2cncc(Cl)n2)c(OC)c1. The molecule has 0 aliphatic carbocycles. The molecule has 0 spiro atoms. The van der Waals surface area contributed by atoms with Crippen LogP contribution in [0.1, 0.15) is 0 Å². The maximum atomic E-state index is 5.77. The van der Waals surface area contributed by atoms with Crippen LogP contribution in [-0.4, -0.2) is 24.2 Å². The molecule has 0 saturated carbocycles. The molecule has 1 heterocycles. The summed E-state index contributed by atoms with van der Waals surface area (Å²) in [5.41, 5.74) is 0.759. The van der Waals surface area contributed by atoms with Gasteiger partial charge in [0.25, 0.3) is 0 Å². The van der Waals surface area contributed by atoms with Crippen molar-refractivity contribution in [3.05, 3.63) is 35.7 Å². The second kappa shape index (κ2) is 5.55. The lowest BCUT2D eigenvalue weighted by atomic mass is 10.2. The molecular formula is C12H12ClN3O2. The highest BCUT2D eigenvalue weighted by atomic mass is 35.5. The maximum absolute atomic E-state index is 5.77. The summed E-state index contributed by atoms with van der Waals surface area (Å²) in [6.45, 7) is 0. The maximum Gasteiger partial charge on any atom is 0.150 e. The van der Waals surface area contributed by atoms with E-state index in [-0.39, 0.29) is 0 Å². The van der Waals surface area contributed by atoms with Gasteiger partial charge in [0, 0.05) is 6.07 Å². The number of hydrogen-bond donors (Lipinski definition) is 1. The van der Waals surface area contributed by atoms with Gasteiger partial charge in [0.15, 0.2) is 5.82 Å². The van der Waals surface area contributed by atoms with E-state index in [1.54, 1.807) is 26.5 Å². The normalized spacial score (nSPS) is 9.94. The Hall–Kier alpha value is -2.01. The highest BCUT2D eigenvalue weighted by Crippen LogP contribution is 2.30. The third-order valence-corrected chi connectivity index (χ3v) is 2.46. The molecule has 0 aliphatic rings. The number of hydrogen-bond acceptors (Lipinski definition) is 5. The molecule has 5 nitrogen and oxygen atoms in total. The van der Waals surface area contributed by atoms with Crippen molar-refractivity contribution in [1.82, 2.24) is 9.97 Å². The molecule has 0 unspecified atom stereocenters. The Labute approximate surface area is 110 Å². The van der Waals surface area contributed by atoms with E-state index < -0.39 is 0 Å². The number of aromatic nitrogens is 2. The molecule has 0 atom stereocenters. The first-order chi connectivity index (χ1) is 8.72. The zero-order valence-electron chi connectivity index (χ0n) is 9.98. The molecule has 1 aromatic carbocycles. The van der Waals surface area contributed by atoms with Gasteiger partial charge in [0.05, 0.1) is 32.3 Å². The van der Waals surface area contributed by atoms with Gasteiger partial charge in [0.2, 0.25) is 0 Å². The lowest BCUT2D eigenvalue weighted by Gasteiger charge is -2.11. The minimum atomic E-state index is 0.326. The quantitative estimate of drug-likeness (QED) is 0.921. The number of anilines is 2. The van der Waals surface area contributed by atoms with Crippen molar-refractivity contribution >= 4 is 23.1 Å². The molecule has 2 rings (SSSR count). The van der Waals surface area contributed by atoms with E-state index in [0.29, 0.717) is 16.7 Å². The van der Waals surface area contributed by atoms with Gasteiger partial charge in [-0.15, -0.1) is 0 Å². The summed E-state index contributed by atoms with van der Waals surface area (Å²) in [6, 6.07) is 5.43. The van der Waals surface area contributed by atoms with Crippen LogP contribution in [0.5, 0.6) is 11.5 Å². The predicted molar refractivity (Wildman–Crippen MR) is 69.9 cm³/mol. The summed E-state index contributed by atoms with van der Waals surface area (Å²) in [4.78, 5) is 8.04. The van der Waals surface area contributed by atoms with Crippen LogP contribution < -0.4 is 14.8 Å². The number of nitrogens with zero attached hydrogens (tertiary/aromatic N) is 2. The molecule has 0 saturated heterocycles. The van der Waals surface area contributed by atoms with Crippen molar-refractivity contribution in [3.8, 4) is 11.5 Å². The zero-order valence-corrected chi connectivity index (χ0v) is 10.7. The van der Waals surface area contributed by atoms with E-state index in [9.17, 15) is 0 Å². The number of benzene rings is 1. The molecule has 6 heteroatoms. The van der Waals surface area contributed by atoms with Crippen molar-refractivity contribution in [2.75, 3.05) is 19.5 Å². The summed E-state index contributed by atoms with van der Waals surface area (Å²) in [5, 5.41) is 3.40. The predicted octanol–water partition coefficient (Wildman–Crippen LogP) is 2.89. The van der Waals surface area contributed by atoms with Gasteiger partial charge in [-0.2, -0.15) is 0 Å². The molecule has 94 valence electrons. The Morgan fingerprint density at radius 3 is 2.67 bits per heavy atom. The van der Waals surface area contributed by atoms with Gasteiger partial charge in [-0.3, -0.25) is 4.98 Å². The van der Waals surface area contributed by atoms with Crippen molar-refractivity contribution < 1.29 is 9.47 Å². The number of nitrogens with one attached hydrogen (secondary N) is 1. The fourth-order valence-corrected chi connectivity index (χ4v) is 1.59. The van der Waals surface area contributed by atoms with Crippen LogP contribution in [0, 0.1) is 0 Å². The molecule has 0 radical (unpaired) electrons. The van der Waals surface area contributed by atoms with Crippen LogP contribution in [0.2, 0.25) is 5.15 Å². The minimum absolute atomic E-state index is 0.326. The summed E-state index contributed by atoms with van der Waals surface area (Å²) in [7, 11) is 3.19. The van der Waals surface area contributed by atoms with Gasteiger partial charge < -0.3 is 14.8 Å². The first-order valence-electron chi connectivity index (χ1n) is 5.19. The van der Waals surface area contributed by atoms with Crippen LogP contribution in [0.15, 0.2) is 30.6 Å². The second-order valence-corrected chi connectivity index (χ2v) is 3.81. The molecule has 0 amide bonds. The third kappa shape index (κ3) is 2.81.